The number of fused-ring (bicyclic) bond motifs is 1. The van der Waals surface area contributed by atoms with E-state index in [4.69, 9.17) is 5.11 Å². The monoisotopic (exact) mass is 450 g/mol. The molecule has 1 aromatic carbocycles. The summed E-state index contributed by atoms with van der Waals surface area (Å²) >= 11 is 0. The molecule has 2 aromatic heterocycles. The maximum atomic E-state index is 12.8. The van der Waals surface area contributed by atoms with Crippen molar-refractivity contribution < 1.29 is 19.5 Å². The van der Waals surface area contributed by atoms with Crippen molar-refractivity contribution in [2.24, 2.45) is 0 Å². The number of nitrogens with zero attached hydrogens (tertiary/aromatic N) is 5. The second kappa shape index (κ2) is 9.68. The predicted octanol–water partition coefficient (Wildman–Crippen LogP) is 2.96. The number of rotatable bonds is 3. The minimum Gasteiger partial charge on any atom is -0.465 e. The van der Waals surface area contributed by atoms with Gasteiger partial charge >= 0.3 is 6.09 Å². The van der Waals surface area contributed by atoms with Crippen molar-refractivity contribution >= 4 is 29.5 Å². The van der Waals surface area contributed by atoms with Crippen LogP contribution >= 0.6 is 0 Å². The summed E-state index contributed by atoms with van der Waals surface area (Å²) in [4.78, 5) is 42.7. The first-order valence-electron chi connectivity index (χ1n) is 10.9. The third-order valence-electron chi connectivity index (χ3n) is 5.37. The van der Waals surface area contributed by atoms with E-state index in [1.807, 2.05) is 18.2 Å². The van der Waals surface area contributed by atoms with E-state index < -0.39 is 6.09 Å². The van der Waals surface area contributed by atoms with Crippen LogP contribution < -0.4 is 5.32 Å². The smallest absolute Gasteiger partial charge is 0.411 e. The van der Waals surface area contributed by atoms with Crippen molar-refractivity contribution in [3.8, 4) is 11.3 Å². The minimum atomic E-state index is -1.24. The van der Waals surface area contributed by atoms with Gasteiger partial charge in [-0.3, -0.25) is 14.9 Å². The van der Waals surface area contributed by atoms with Crippen molar-refractivity contribution in [3.63, 3.8) is 0 Å². The number of amides is 3. The Labute approximate surface area is 190 Å². The summed E-state index contributed by atoms with van der Waals surface area (Å²) in [7, 11) is 0. The highest BCUT2D eigenvalue weighted by Crippen LogP contribution is 2.22. The van der Waals surface area contributed by atoms with Gasteiger partial charge < -0.3 is 14.9 Å². The van der Waals surface area contributed by atoms with E-state index in [1.165, 1.54) is 26.2 Å². The largest absolute Gasteiger partial charge is 0.465 e. The maximum Gasteiger partial charge on any atom is 0.411 e. The van der Waals surface area contributed by atoms with Crippen molar-refractivity contribution in [1.82, 2.24) is 24.4 Å². The lowest BCUT2D eigenvalue weighted by Crippen LogP contribution is -2.50. The van der Waals surface area contributed by atoms with Gasteiger partial charge in [0.1, 0.15) is 0 Å². The van der Waals surface area contributed by atoms with Crippen molar-refractivity contribution in [2.75, 3.05) is 31.5 Å². The number of benzene rings is 1. The van der Waals surface area contributed by atoms with Crippen molar-refractivity contribution in [2.45, 2.75) is 26.2 Å². The molecule has 1 saturated carbocycles. The first kappa shape index (κ1) is 22.3. The number of pyridine rings is 1. The third kappa shape index (κ3) is 5.46. The standard InChI is InChI=1S/C20H20N6O4.C3H6/c1-13(27)24-9-11-25(12-10-24)18(28)15-7-5-14(6-8-15)16-3-2-4-17-21-19(22-20(29)30)23-26(16)17;1-2-3-1/h2-8H,9-12H2,1H3,(H,22,23)(H,29,30);1-3H2. The summed E-state index contributed by atoms with van der Waals surface area (Å²) < 4.78 is 1.54. The molecule has 2 aliphatic rings. The first-order chi connectivity index (χ1) is 15.9. The second-order valence-electron chi connectivity index (χ2n) is 7.98. The number of anilines is 1. The van der Waals surface area contributed by atoms with Crippen LogP contribution in [0.4, 0.5) is 10.7 Å². The fourth-order valence-corrected chi connectivity index (χ4v) is 3.46. The van der Waals surface area contributed by atoms with Crippen LogP contribution in [-0.2, 0) is 4.79 Å². The van der Waals surface area contributed by atoms with Gasteiger partial charge in [-0.15, -0.1) is 5.10 Å². The van der Waals surface area contributed by atoms with Crippen LogP contribution in [-0.4, -0.2) is 73.6 Å². The summed E-state index contributed by atoms with van der Waals surface area (Å²) in [5.74, 6) is -0.0569. The van der Waals surface area contributed by atoms with Gasteiger partial charge in [-0.2, -0.15) is 4.98 Å². The molecule has 1 aliphatic heterocycles. The number of aromatic nitrogens is 3. The van der Waals surface area contributed by atoms with Crippen molar-refractivity contribution in [1.29, 1.82) is 0 Å². The number of hydrogen-bond donors (Lipinski definition) is 2. The lowest BCUT2D eigenvalue weighted by atomic mass is 10.1. The van der Waals surface area contributed by atoms with Gasteiger partial charge in [0.25, 0.3) is 11.9 Å². The Morgan fingerprint density at radius 2 is 1.55 bits per heavy atom. The Morgan fingerprint density at radius 3 is 2.12 bits per heavy atom. The van der Waals surface area contributed by atoms with Crippen LogP contribution in [0.1, 0.15) is 36.5 Å². The normalized spacial score (nSPS) is 14.9. The van der Waals surface area contributed by atoms with Crippen LogP contribution in [0.5, 0.6) is 0 Å². The fraction of sp³-hybridized carbons (Fsp3) is 0.348. The van der Waals surface area contributed by atoms with E-state index in [-0.39, 0.29) is 17.8 Å². The summed E-state index contributed by atoms with van der Waals surface area (Å²) in [5.41, 5.74) is 2.59. The molecule has 2 N–H and O–H groups in total. The molecule has 10 heteroatoms. The Bertz CT molecular complexity index is 1160. The van der Waals surface area contributed by atoms with E-state index >= 15 is 0 Å². The van der Waals surface area contributed by atoms with E-state index in [1.54, 1.807) is 38.6 Å². The topological polar surface area (TPSA) is 120 Å². The zero-order valence-electron chi connectivity index (χ0n) is 18.4. The van der Waals surface area contributed by atoms with E-state index in [0.29, 0.717) is 43.1 Å². The first-order valence-corrected chi connectivity index (χ1v) is 10.9. The fourth-order valence-electron chi connectivity index (χ4n) is 3.46. The molecule has 10 nitrogen and oxygen atoms in total. The molecular formula is C23H26N6O4. The average Bonchev–Trinajstić information content (AvgIpc) is 3.64. The average molecular weight is 450 g/mol. The predicted molar refractivity (Wildman–Crippen MR) is 122 cm³/mol. The SMILES string of the molecule is C1CC1.CC(=O)N1CCN(C(=O)c2ccc(-c3cccc4nc(NC(=O)O)nn34)cc2)CC1. The number of hydrogen-bond acceptors (Lipinski definition) is 5. The van der Waals surface area contributed by atoms with Gasteiger partial charge in [0.05, 0.1) is 5.69 Å². The highest BCUT2D eigenvalue weighted by atomic mass is 16.4. The van der Waals surface area contributed by atoms with E-state index in [9.17, 15) is 14.4 Å². The zero-order valence-corrected chi connectivity index (χ0v) is 18.4. The van der Waals surface area contributed by atoms with Crippen molar-refractivity contribution in [3.05, 3.63) is 48.0 Å². The number of piperazine rings is 1. The summed E-state index contributed by atoms with van der Waals surface area (Å²) in [6.07, 6.45) is 3.26. The second-order valence-corrected chi connectivity index (χ2v) is 7.98. The molecule has 1 aliphatic carbocycles. The lowest BCUT2D eigenvalue weighted by molar-refractivity contribution is -0.130. The number of carboxylic acid groups (broad SMARTS) is 1. The molecule has 3 amide bonds. The molecule has 0 spiro atoms. The lowest BCUT2D eigenvalue weighted by Gasteiger charge is -2.34. The molecule has 5 rings (SSSR count). The van der Waals surface area contributed by atoms with Crippen LogP contribution in [0.3, 0.4) is 0 Å². The van der Waals surface area contributed by atoms with E-state index in [2.05, 4.69) is 15.4 Å². The Kier molecular flexibility index (Phi) is 6.53. The van der Waals surface area contributed by atoms with Crippen LogP contribution in [0.25, 0.3) is 16.9 Å². The Hall–Kier alpha value is -3.95. The van der Waals surface area contributed by atoms with Gasteiger partial charge in [-0.05, 0) is 24.3 Å². The summed E-state index contributed by atoms with van der Waals surface area (Å²) in [5, 5.41) is 15.2. The third-order valence-corrected chi connectivity index (χ3v) is 5.37. The van der Waals surface area contributed by atoms with Gasteiger partial charge in [0.15, 0.2) is 5.65 Å². The van der Waals surface area contributed by atoms with Gasteiger partial charge in [0, 0.05) is 44.2 Å². The van der Waals surface area contributed by atoms with E-state index in [0.717, 1.165) is 5.56 Å². The number of nitrogens with one attached hydrogen (secondary N) is 1. The van der Waals surface area contributed by atoms with Crippen LogP contribution in [0, 0.1) is 0 Å². The molecule has 33 heavy (non-hydrogen) atoms. The quantitative estimate of drug-likeness (QED) is 0.633. The van der Waals surface area contributed by atoms with Crippen LogP contribution in [0.15, 0.2) is 42.5 Å². The number of carbonyl (C=O) groups is 3. The van der Waals surface area contributed by atoms with Gasteiger partial charge in [-0.1, -0.05) is 37.5 Å². The number of carbonyl (C=O) groups excluding carboxylic acids is 2. The van der Waals surface area contributed by atoms with Crippen LogP contribution in [0.2, 0.25) is 0 Å². The Balaban J connectivity index is 0.000000799. The molecule has 3 aromatic rings. The maximum absolute atomic E-state index is 12.8. The highest BCUT2D eigenvalue weighted by Gasteiger charge is 2.23. The zero-order chi connectivity index (χ0) is 23.4. The molecule has 0 radical (unpaired) electrons. The molecule has 0 unspecified atom stereocenters. The molecule has 1 saturated heterocycles. The summed E-state index contributed by atoms with van der Waals surface area (Å²) in [6, 6.07) is 12.5. The molecule has 3 heterocycles. The van der Waals surface area contributed by atoms with Gasteiger partial charge in [-0.25, -0.2) is 9.31 Å². The molecule has 172 valence electrons. The Morgan fingerprint density at radius 1 is 0.909 bits per heavy atom. The molecule has 2 fully saturated rings. The molecular weight excluding hydrogens is 424 g/mol. The molecule has 0 bridgehead atoms. The highest BCUT2D eigenvalue weighted by molar-refractivity contribution is 5.95. The minimum absolute atomic E-state index is 0.00792. The molecule has 0 atom stereocenters. The van der Waals surface area contributed by atoms with Gasteiger partial charge in [0.2, 0.25) is 5.91 Å². The summed E-state index contributed by atoms with van der Waals surface area (Å²) in [6.45, 7) is 3.64.